The second-order valence-corrected chi connectivity index (χ2v) is 6.83. The predicted octanol–water partition coefficient (Wildman–Crippen LogP) is 3.05. The van der Waals surface area contributed by atoms with E-state index in [0.717, 1.165) is 21.6 Å². The normalized spacial score (nSPS) is 14.1. The molecule has 0 radical (unpaired) electrons. The third-order valence-electron chi connectivity index (χ3n) is 4.79. The van der Waals surface area contributed by atoms with Crippen LogP contribution in [-0.4, -0.2) is 45.0 Å². The standard InChI is InChI=1S/C19H29F3N6O2.HI/c1-5-14-13(15(6-2)30-27-14)12-26-17(23-7-3)25-9-8-18(29,19(20,21)22)16-24-10-11-28(16)4;/h10-11,29H,5-9,12H2,1-4H3,(H2,23,25,26);1H. The Morgan fingerprint density at radius 2 is 1.94 bits per heavy atom. The topological polar surface area (TPSA) is 100 Å². The molecule has 0 aliphatic carbocycles. The van der Waals surface area contributed by atoms with Gasteiger partial charge >= 0.3 is 6.18 Å². The van der Waals surface area contributed by atoms with Gasteiger partial charge in [0.15, 0.2) is 5.96 Å². The number of nitrogens with zero attached hydrogens (tertiary/aromatic N) is 4. The number of halogens is 4. The van der Waals surface area contributed by atoms with Gasteiger partial charge in [0.25, 0.3) is 0 Å². The lowest BCUT2D eigenvalue weighted by molar-refractivity contribution is -0.272. The molecule has 2 rings (SSSR count). The summed E-state index contributed by atoms with van der Waals surface area (Å²) in [5.41, 5.74) is -1.38. The fraction of sp³-hybridized carbons (Fsp3) is 0.632. The van der Waals surface area contributed by atoms with E-state index in [2.05, 4.69) is 25.8 Å². The zero-order valence-electron chi connectivity index (χ0n) is 18.1. The fourth-order valence-corrected chi connectivity index (χ4v) is 3.12. The summed E-state index contributed by atoms with van der Waals surface area (Å²) < 4.78 is 47.4. The lowest BCUT2D eigenvalue weighted by Gasteiger charge is -2.30. The average Bonchev–Trinajstić information content (AvgIpc) is 3.30. The summed E-state index contributed by atoms with van der Waals surface area (Å²) in [4.78, 5) is 8.14. The summed E-state index contributed by atoms with van der Waals surface area (Å²) in [6.07, 6.45) is -1.55. The maximum atomic E-state index is 13.6. The van der Waals surface area contributed by atoms with Gasteiger partial charge in [-0.05, 0) is 13.3 Å². The van der Waals surface area contributed by atoms with Crippen LogP contribution in [0.2, 0.25) is 0 Å². The molecular formula is C19H30F3IN6O2. The number of aliphatic hydroxyl groups is 1. The molecule has 31 heavy (non-hydrogen) atoms. The highest BCUT2D eigenvalue weighted by Crippen LogP contribution is 2.40. The molecule has 176 valence electrons. The van der Waals surface area contributed by atoms with Crippen molar-refractivity contribution in [1.29, 1.82) is 0 Å². The van der Waals surface area contributed by atoms with Crippen LogP contribution in [0.5, 0.6) is 0 Å². The molecule has 2 heterocycles. The summed E-state index contributed by atoms with van der Waals surface area (Å²) in [6, 6.07) is 0. The SMILES string of the molecule is CCNC(=NCc1c(CC)noc1CC)NCCC(O)(c1nccn1C)C(F)(F)F.I. The molecule has 0 aliphatic heterocycles. The molecule has 1 unspecified atom stereocenters. The first kappa shape index (κ1) is 27.2. The number of aromatic nitrogens is 3. The first-order valence-corrected chi connectivity index (χ1v) is 9.93. The van der Waals surface area contributed by atoms with Crippen LogP contribution in [0.1, 0.15) is 50.0 Å². The molecule has 0 saturated heterocycles. The highest BCUT2D eigenvalue weighted by atomic mass is 127. The Balaban J connectivity index is 0.00000480. The predicted molar refractivity (Wildman–Crippen MR) is 121 cm³/mol. The highest BCUT2D eigenvalue weighted by molar-refractivity contribution is 14.0. The van der Waals surface area contributed by atoms with E-state index in [1.807, 2.05) is 20.8 Å². The molecule has 0 aromatic carbocycles. The Hall–Kier alpha value is -1.83. The largest absolute Gasteiger partial charge is 0.424 e. The summed E-state index contributed by atoms with van der Waals surface area (Å²) >= 11 is 0. The van der Waals surface area contributed by atoms with E-state index >= 15 is 0 Å². The van der Waals surface area contributed by atoms with Crippen LogP contribution in [0.15, 0.2) is 21.9 Å². The van der Waals surface area contributed by atoms with Crippen molar-refractivity contribution >= 4 is 29.9 Å². The van der Waals surface area contributed by atoms with Crippen molar-refractivity contribution in [3.05, 3.63) is 35.2 Å². The second-order valence-electron chi connectivity index (χ2n) is 6.83. The van der Waals surface area contributed by atoms with Crippen LogP contribution in [-0.2, 0) is 32.0 Å². The summed E-state index contributed by atoms with van der Waals surface area (Å²) in [6.45, 7) is 6.41. The van der Waals surface area contributed by atoms with Crippen molar-refractivity contribution in [3.8, 4) is 0 Å². The van der Waals surface area contributed by atoms with E-state index in [-0.39, 0.29) is 37.1 Å². The van der Waals surface area contributed by atoms with Crippen LogP contribution in [0.3, 0.4) is 0 Å². The second kappa shape index (κ2) is 11.7. The Labute approximate surface area is 196 Å². The van der Waals surface area contributed by atoms with Gasteiger partial charge in [-0.2, -0.15) is 13.2 Å². The van der Waals surface area contributed by atoms with E-state index in [4.69, 9.17) is 4.52 Å². The van der Waals surface area contributed by atoms with Crippen molar-refractivity contribution in [3.63, 3.8) is 0 Å². The minimum absolute atomic E-state index is 0. The Bertz CT molecular complexity index is 831. The first-order chi connectivity index (χ1) is 14.2. The minimum Gasteiger partial charge on any atom is -0.374 e. The smallest absolute Gasteiger partial charge is 0.374 e. The first-order valence-electron chi connectivity index (χ1n) is 9.93. The molecule has 8 nitrogen and oxygen atoms in total. The van der Waals surface area contributed by atoms with Crippen molar-refractivity contribution in [2.24, 2.45) is 12.0 Å². The number of aliphatic imine (C=N–C) groups is 1. The third kappa shape index (κ3) is 6.34. The Kier molecular flexibility index (Phi) is 10.3. The van der Waals surface area contributed by atoms with Crippen LogP contribution in [0.4, 0.5) is 13.2 Å². The van der Waals surface area contributed by atoms with Crippen molar-refractivity contribution in [2.45, 2.75) is 58.4 Å². The number of imidazole rings is 1. The van der Waals surface area contributed by atoms with E-state index in [1.54, 1.807) is 0 Å². The van der Waals surface area contributed by atoms with E-state index < -0.39 is 24.0 Å². The van der Waals surface area contributed by atoms with E-state index in [0.29, 0.717) is 25.3 Å². The molecule has 12 heteroatoms. The van der Waals surface area contributed by atoms with Crippen LogP contribution >= 0.6 is 24.0 Å². The number of guanidine groups is 1. The van der Waals surface area contributed by atoms with Gasteiger partial charge in [0.05, 0.1) is 12.2 Å². The van der Waals surface area contributed by atoms with Gasteiger partial charge in [0.2, 0.25) is 5.60 Å². The quantitative estimate of drug-likeness (QED) is 0.249. The number of alkyl halides is 3. The van der Waals surface area contributed by atoms with Gasteiger partial charge in [-0.3, -0.25) is 0 Å². The van der Waals surface area contributed by atoms with Crippen molar-refractivity contribution in [2.75, 3.05) is 13.1 Å². The Morgan fingerprint density at radius 3 is 2.45 bits per heavy atom. The van der Waals surface area contributed by atoms with Crippen LogP contribution in [0, 0.1) is 0 Å². The van der Waals surface area contributed by atoms with Crippen molar-refractivity contribution in [1.82, 2.24) is 25.3 Å². The lowest BCUT2D eigenvalue weighted by atomic mass is 9.97. The molecule has 1 atom stereocenters. The number of hydrogen-bond acceptors (Lipinski definition) is 5. The maximum Gasteiger partial charge on any atom is 0.424 e. The van der Waals surface area contributed by atoms with Gasteiger partial charge in [0, 0.05) is 50.9 Å². The lowest BCUT2D eigenvalue weighted by Crippen LogP contribution is -2.47. The van der Waals surface area contributed by atoms with Crippen LogP contribution < -0.4 is 10.6 Å². The molecule has 0 bridgehead atoms. The molecule has 3 N–H and O–H groups in total. The van der Waals surface area contributed by atoms with Gasteiger partial charge in [-0.15, -0.1) is 24.0 Å². The van der Waals surface area contributed by atoms with E-state index in [9.17, 15) is 18.3 Å². The summed E-state index contributed by atoms with van der Waals surface area (Å²) in [5, 5.41) is 20.3. The zero-order valence-corrected chi connectivity index (χ0v) is 20.4. The summed E-state index contributed by atoms with van der Waals surface area (Å²) in [5.74, 6) is 0.628. The third-order valence-corrected chi connectivity index (χ3v) is 4.79. The number of nitrogens with one attached hydrogen (secondary N) is 2. The maximum absolute atomic E-state index is 13.6. The molecular weight excluding hydrogens is 528 g/mol. The zero-order chi connectivity index (χ0) is 22.4. The average molecular weight is 558 g/mol. The molecule has 0 saturated carbocycles. The number of rotatable bonds is 9. The van der Waals surface area contributed by atoms with E-state index in [1.165, 1.54) is 19.4 Å². The molecule has 0 amide bonds. The summed E-state index contributed by atoms with van der Waals surface area (Å²) in [7, 11) is 1.41. The van der Waals surface area contributed by atoms with Gasteiger partial charge in [0.1, 0.15) is 11.6 Å². The molecule has 0 fully saturated rings. The minimum atomic E-state index is -4.88. The Morgan fingerprint density at radius 1 is 1.23 bits per heavy atom. The fourth-order valence-electron chi connectivity index (χ4n) is 3.12. The highest BCUT2D eigenvalue weighted by Gasteiger charge is 2.57. The van der Waals surface area contributed by atoms with Crippen LogP contribution in [0.25, 0.3) is 0 Å². The van der Waals surface area contributed by atoms with Crippen molar-refractivity contribution < 1.29 is 22.8 Å². The monoisotopic (exact) mass is 558 g/mol. The number of hydrogen-bond donors (Lipinski definition) is 3. The molecule has 0 aliphatic rings. The molecule has 0 spiro atoms. The van der Waals surface area contributed by atoms with Gasteiger partial charge in [-0.25, -0.2) is 9.98 Å². The van der Waals surface area contributed by atoms with Gasteiger partial charge < -0.3 is 24.8 Å². The van der Waals surface area contributed by atoms with Gasteiger partial charge in [-0.1, -0.05) is 19.0 Å². The molecule has 2 aromatic rings. The number of aryl methyl sites for hydroxylation is 3. The molecule has 2 aromatic heterocycles.